The maximum absolute atomic E-state index is 14.7. The highest BCUT2D eigenvalue weighted by molar-refractivity contribution is 6.00. The first kappa shape index (κ1) is 23.5. The Hall–Kier alpha value is -3.70. The fourth-order valence-corrected chi connectivity index (χ4v) is 3.70. The first-order valence-corrected chi connectivity index (χ1v) is 10.3. The zero-order valence-corrected chi connectivity index (χ0v) is 17.9. The molecule has 34 heavy (non-hydrogen) atoms. The molecule has 178 valence electrons. The van der Waals surface area contributed by atoms with Crippen molar-refractivity contribution in [1.29, 1.82) is 0 Å². The molecule has 3 heterocycles. The summed E-state index contributed by atoms with van der Waals surface area (Å²) in [6, 6.07) is 5.08. The van der Waals surface area contributed by atoms with Gasteiger partial charge in [0.25, 0.3) is 11.8 Å². The third-order valence-corrected chi connectivity index (χ3v) is 5.46. The van der Waals surface area contributed by atoms with Gasteiger partial charge in [-0.2, -0.15) is 13.2 Å². The van der Waals surface area contributed by atoms with Crippen LogP contribution < -0.4 is 5.32 Å². The number of rotatable bonds is 5. The maximum atomic E-state index is 14.7. The van der Waals surface area contributed by atoms with Gasteiger partial charge in [0.1, 0.15) is 6.04 Å². The van der Waals surface area contributed by atoms with E-state index < -0.39 is 42.6 Å². The molecule has 3 aromatic rings. The number of anilines is 1. The number of hydrogen-bond donors (Lipinski definition) is 1. The molecular weight excluding hydrogens is 459 g/mol. The fraction of sp³-hybridized carbons (Fsp3) is 0.318. The topological polar surface area (TPSA) is 83.9 Å². The number of alkyl halides is 5. The molecule has 1 aliphatic heterocycles. The lowest BCUT2D eigenvalue weighted by Gasteiger charge is -2.28. The predicted molar refractivity (Wildman–Crippen MR) is 112 cm³/mol. The molecule has 1 aliphatic rings. The van der Waals surface area contributed by atoms with Gasteiger partial charge in [0.05, 0.1) is 11.1 Å². The molecule has 12 heteroatoms. The monoisotopic (exact) mass is 478 g/mol. The molecule has 0 bridgehead atoms. The molecule has 1 aromatic carbocycles. The second kappa shape index (κ2) is 8.92. The largest absolute Gasteiger partial charge is 0.419 e. The molecular formula is C22H19F5N6O. The van der Waals surface area contributed by atoms with E-state index in [1.54, 1.807) is 31.2 Å². The number of nitrogens with zero attached hydrogens (tertiary/aromatic N) is 5. The zero-order chi connectivity index (χ0) is 24.5. The zero-order valence-electron chi connectivity index (χ0n) is 17.9. The van der Waals surface area contributed by atoms with Crippen molar-refractivity contribution in [2.75, 3.05) is 18.4 Å². The Morgan fingerprint density at radius 2 is 1.82 bits per heavy atom. The molecule has 0 aliphatic carbocycles. The number of amides is 1. The summed E-state index contributed by atoms with van der Waals surface area (Å²) in [4.78, 5) is 29.9. The second-order valence-electron chi connectivity index (χ2n) is 7.82. The maximum Gasteiger partial charge on any atom is 0.419 e. The summed E-state index contributed by atoms with van der Waals surface area (Å²) in [6.45, 7) is 1.12. The standard InChI is InChI=1S/C22H19F5N6O/c1-13-3-4-15(18-28-6-2-7-29-18)16(9-13)19(34)33-8-5-21(23,24)17(33)12-32-20-30-10-14(11-31-20)22(25,26)27/h2-4,6-7,9-11,17H,5,8,12H2,1H3,(H,30,31,32)/t17-/m1/s1. The van der Waals surface area contributed by atoms with Crippen LogP contribution in [0, 0.1) is 6.92 Å². The van der Waals surface area contributed by atoms with Crippen molar-refractivity contribution in [1.82, 2.24) is 24.8 Å². The van der Waals surface area contributed by atoms with Crippen LogP contribution in [0.25, 0.3) is 11.4 Å². The lowest BCUT2D eigenvalue weighted by atomic mass is 10.0. The Kier molecular flexibility index (Phi) is 6.15. The third kappa shape index (κ3) is 4.80. The number of aryl methyl sites for hydroxylation is 1. The van der Waals surface area contributed by atoms with Crippen molar-refractivity contribution in [3.63, 3.8) is 0 Å². The summed E-state index contributed by atoms with van der Waals surface area (Å²) in [5.41, 5.74) is 0.279. The van der Waals surface area contributed by atoms with E-state index in [1.807, 2.05) is 0 Å². The quantitative estimate of drug-likeness (QED) is 0.553. The number of nitrogens with one attached hydrogen (secondary N) is 1. The van der Waals surface area contributed by atoms with E-state index in [-0.39, 0.29) is 23.9 Å². The minimum absolute atomic E-state index is 0.180. The summed E-state index contributed by atoms with van der Waals surface area (Å²) in [6.07, 6.45) is -1.03. The van der Waals surface area contributed by atoms with Crippen molar-refractivity contribution in [3.05, 3.63) is 65.7 Å². The fourth-order valence-electron chi connectivity index (χ4n) is 3.70. The van der Waals surface area contributed by atoms with Crippen LogP contribution in [0.1, 0.15) is 27.9 Å². The second-order valence-corrected chi connectivity index (χ2v) is 7.82. The molecule has 1 amide bonds. The predicted octanol–water partition coefficient (Wildman–Crippen LogP) is 4.22. The van der Waals surface area contributed by atoms with E-state index >= 15 is 0 Å². The molecule has 0 spiro atoms. The SMILES string of the molecule is Cc1ccc(-c2ncccn2)c(C(=O)N2CCC(F)(F)[C@H]2CNc2ncc(C(F)(F)F)cn2)c1. The first-order valence-electron chi connectivity index (χ1n) is 10.3. The van der Waals surface area contributed by atoms with E-state index in [1.165, 1.54) is 12.4 Å². The average molecular weight is 478 g/mol. The molecule has 1 N–H and O–H groups in total. The summed E-state index contributed by atoms with van der Waals surface area (Å²) >= 11 is 0. The molecule has 1 saturated heterocycles. The molecule has 0 radical (unpaired) electrons. The molecule has 0 saturated carbocycles. The molecule has 1 fully saturated rings. The van der Waals surface area contributed by atoms with Gasteiger partial charge >= 0.3 is 6.18 Å². The smallest absolute Gasteiger partial charge is 0.352 e. The number of likely N-dealkylation sites (tertiary alicyclic amines) is 1. The molecule has 7 nitrogen and oxygen atoms in total. The van der Waals surface area contributed by atoms with E-state index in [9.17, 15) is 26.7 Å². The first-order chi connectivity index (χ1) is 16.1. The van der Waals surface area contributed by atoms with Gasteiger partial charge in [0, 0.05) is 49.9 Å². The van der Waals surface area contributed by atoms with E-state index in [2.05, 4.69) is 25.3 Å². The van der Waals surface area contributed by atoms with Crippen molar-refractivity contribution >= 4 is 11.9 Å². The minimum atomic E-state index is -4.62. The number of carbonyl (C=O) groups excluding carboxylic acids is 1. The molecule has 0 unspecified atom stereocenters. The van der Waals surface area contributed by atoms with Crippen LogP contribution in [0.15, 0.2) is 49.1 Å². The number of aromatic nitrogens is 4. The van der Waals surface area contributed by atoms with Crippen molar-refractivity contribution in [2.24, 2.45) is 0 Å². The Morgan fingerprint density at radius 1 is 1.15 bits per heavy atom. The Bertz CT molecular complexity index is 1170. The average Bonchev–Trinajstić information content (AvgIpc) is 3.11. The summed E-state index contributed by atoms with van der Waals surface area (Å²) in [7, 11) is 0. The lowest BCUT2D eigenvalue weighted by Crippen LogP contribution is -2.47. The molecule has 4 rings (SSSR count). The lowest BCUT2D eigenvalue weighted by molar-refractivity contribution is -0.138. The van der Waals surface area contributed by atoms with E-state index in [4.69, 9.17) is 0 Å². The van der Waals surface area contributed by atoms with Gasteiger partial charge in [-0.3, -0.25) is 4.79 Å². The van der Waals surface area contributed by atoms with Gasteiger partial charge < -0.3 is 10.2 Å². The van der Waals surface area contributed by atoms with Gasteiger partial charge in [-0.1, -0.05) is 17.7 Å². The normalized spacial score (nSPS) is 17.6. The third-order valence-electron chi connectivity index (χ3n) is 5.46. The number of benzene rings is 1. The van der Waals surface area contributed by atoms with Gasteiger partial charge in [-0.15, -0.1) is 0 Å². The number of halogens is 5. The Morgan fingerprint density at radius 3 is 2.47 bits per heavy atom. The van der Waals surface area contributed by atoms with Crippen LogP contribution >= 0.6 is 0 Å². The van der Waals surface area contributed by atoms with Gasteiger partial charge in [0.2, 0.25) is 5.95 Å². The summed E-state index contributed by atoms with van der Waals surface area (Å²) in [5, 5.41) is 2.53. The van der Waals surface area contributed by atoms with Crippen molar-refractivity contribution in [3.8, 4) is 11.4 Å². The minimum Gasteiger partial charge on any atom is -0.352 e. The highest BCUT2D eigenvalue weighted by atomic mass is 19.4. The van der Waals surface area contributed by atoms with Crippen LogP contribution in [0.2, 0.25) is 0 Å². The number of hydrogen-bond acceptors (Lipinski definition) is 6. The van der Waals surface area contributed by atoms with Crippen LogP contribution in [0.3, 0.4) is 0 Å². The Balaban J connectivity index is 1.58. The van der Waals surface area contributed by atoms with Crippen molar-refractivity contribution in [2.45, 2.75) is 31.5 Å². The highest BCUT2D eigenvalue weighted by Crippen LogP contribution is 2.36. The highest BCUT2D eigenvalue weighted by Gasteiger charge is 2.51. The van der Waals surface area contributed by atoms with Gasteiger partial charge in [-0.25, -0.2) is 28.7 Å². The summed E-state index contributed by atoms with van der Waals surface area (Å²) in [5.74, 6) is -3.81. The van der Waals surface area contributed by atoms with Crippen LogP contribution in [0.4, 0.5) is 27.9 Å². The van der Waals surface area contributed by atoms with E-state index in [0.717, 1.165) is 10.5 Å². The Labute approximate surface area is 191 Å². The van der Waals surface area contributed by atoms with E-state index in [0.29, 0.717) is 18.0 Å². The van der Waals surface area contributed by atoms with Crippen LogP contribution in [0.5, 0.6) is 0 Å². The molecule has 1 atom stereocenters. The van der Waals surface area contributed by atoms with Crippen LogP contribution in [-0.4, -0.2) is 55.8 Å². The number of carbonyl (C=O) groups is 1. The molecule has 2 aromatic heterocycles. The van der Waals surface area contributed by atoms with Crippen molar-refractivity contribution < 1.29 is 26.7 Å². The van der Waals surface area contributed by atoms with Gasteiger partial charge in [0.15, 0.2) is 5.82 Å². The van der Waals surface area contributed by atoms with Gasteiger partial charge in [-0.05, 0) is 19.1 Å². The summed E-state index contributed by atoms with van der Waals surface area (Å²) < 4.78 is 67.5. The van der Waals surface area contributed by atoms with Crippen LogP contribution in [-0.2, 0) is 6.18 Å².